The first kappa shape index (κ1) is 19.1. The highest BCUT2D eigenvalue weighted by Crippen LogP contribution is 2.26. The van der Waals surface area contributed by atoms with E-state index in [4.69, 9.17) is 10.00 Å². The second kappa shape index (κ2) is 7.74. The lowest BCUT2D eigenvalue weighted by Crippen LogP contribution is -2.23. The molecule has 0 spiro atoms. The fraction of sp³-hybridized carbons (Fsp3) is 0.176. The van der Waals surface area contributed by atoms with E-state index in [1.807, 2.05) is 6.07 Å². The number of methoxy groups -OCH3 is 1. The Balaban J connectivity index is 2.11. The Labute approximate surface area is 145 Å². The Morgan fingerprint density at radius 1 is 1.19 bits per heavy atom. The maximum atomic E-state index is 13.7. The summed E-state index contributed by atoms with van der Waals surface area (Å²) in [5.41, 5.74) is 0.680. The third-order valence-electron chi connectivity index (χ3n) is 3.27. The Kier molecular flexibility index (Phi) is 5.67. The fourth-order valence-electron chi connectivity index (χ4n) is 2.11. The molecule has 9 heteroatoms. The van der Waals surface area contributed by atoms with E-state index in [0.717, 1.165) is 6.07 Å². The highest BCUT2D eigenvalue weighted by molar-refractivity contribution is 5.94. The molecule has 0 saturated carbocycles. The first-order valence-electron chi connectivity index (χ1n) is 7.14. The Bertz CT molecular complexity index is 860. The van der Waals surface area contributed by atoms with Crippen molar-refractivity contribution in [3.05, 3.63) is 58.9 Å². The minimum Gasteiger partial charge on any atom is -0.496 e. The second-order valence-corrected chi connectivity index (χ2v) is 5.01. The van der Waals surface area contributed by atoms with Crippen molar-refractivity contribution in [2.45, 2.75) is 12.9 Å². The molecular weight excluding hydrogens is 356 g/mol. The summed E-state index contributed by atoms with van der Waals surface area (Å²) >= 11 is 0. The topological polar surface area (TPSA) is 71.3 Å². The number of hydrogen-bond acceptors (Lipinski definition) is 4. The number of carbonyl (C=O) groups excluding carboxylic acids is 1. The van der Waals surface area contributed by atoms with Gasteiger partial charge in [0.25, 0.3) is 5.91 Å². The van der Waals surface area contributed by atoms with Crippen LogP contribution in [0.25, 0.3) is 0 Å². The van der Waals surface area contributed by atoms with Crippen LogP contribution in [0.4, 0.5) is 17.6 Å². The second-order valence-electron chi connectivity index (χ2n) is 5.01. The zero-order valence-corrected chi connectivity index (χ0v) is 13.4. The number of nitrogens with one attached hydrogen (secondary N) is 1. The van der Waals surface area contributed by atoms with Crippen LogP contribution in [0.1, 0.15) is 21.5 Å². The summed E-state index contributed by atoms with van der Waals surface area (Å²) in [5.74, 6) is -2.63. The van der Waals surface area contributed by atoms with Crippen LogP contribution in [0, 0.1) is 17.1 Å². The van der Waals surface area contributed by atoms with Crippen molar-refractivity contribution >= 4 is 5.91 Å². The molecule has 1 N–H and O–H groups in total. The lowest BCUT2D eigenvalue weighted by Gasteiger charge is -2.12. The van der Waals surface area contributed by atoms with Gasteiger partial charge in [0.05, 0.1) is 18.7 Å². The number of rotatable bonds is 5. The molecule has 0 heterocycles. The smallest absolute Gasteiger partial charge is 0.496 e. The van der Waals surface area contributed by atoms with Crippen LogP contribution in [-0.2, 0) is 6.54 Å². The molecule has 0 aliphatic carbocycles. The fourth-order valence-corrected chi connectivity index (χ4v) is 2.11. The number of nitriles is 1. The number of ether oxygens (including phenoxy) is 2. The first-order valence-corrected chi connectivity index (χ1v) is 7.14. The van der Waals surface area contributed by atoms with Crippen LogP contribution >= 0.6 is 0 Å². The standard InChI is InChI=1S/C17H12F4N2O3/c1-25-14-4-2-10(8-22)6-12(14)9-23-16(24)11-3-5-15(13(18)7-11)26-17(19,20)21/h2-7H,9H2,1H3,(H,23,24). The lowest BCUT2D eigenvalue weighted by molar-refractivity contribution is -0.275. The Hall–Kier alpha value is -3.28. The van der Waals surface area contributed by atoms with Crippen molar-refractivity contribution in [3.8, 4) is 17.6 Å². The summed E-state index contributed by atoms with van der Waals surface area (Å²) in [6.45, 7) is -0.0278. The number of amides is 1. The molecule has 5 nitrogen and oxygen atoms in total. The van der Waals surface area contributed by atoms with Gasteiger partial charge in [-0.15, -0.1) is 13.2 Å². The molecule has 2 rings (SSSR count). The molecule has 1 amide bonds. The maximum absolute atomic E-state index is 13.7. The largest absolute Gasteiger partial charge is 0.573 e. The molecule has 0 aliphatic heterocycles. The van der Waals surface area contributed by atoms with E-state index in [9.17, 15) is 22.4 Å². The number of nitrogens with zero attached hydrogens (tertiary/aromatic N) is 1. The van der Waals surface area contributed by atoms with Crippen LogP contribution in [0.3, 0.4) is 0 Å². The minimum atomic E-state index is -5.03. The molecular formula is C17H12F4N2O3. The van der Waals surface area contributed by atoms with Crippen LogP contribution in [0.5, 0.6) is 11.5 Å². The Morgan fingerprint density at radius 3 is 2.46 bits per heavy atom. The van der Waals surface area contributed by atoms with Crippen molar-refractivity contribution < 1.29 is 31.8 Å². The average Bonchev–Trinajstić information content (AvgIpc) is 2.59. The van der Waals surface area contributed by atoms with Gasteiger partial charge < -0.3 is 14.8 Å². The predicted octanol–water partition coefficient (Wildman–Crippen LogP) is 3.53. The molecule has 2 aromatic rings. The molecule has 0 radical (unpaired) electrons. The Morgan fingerprint density at radius 2 is 1.88 bits per heavy atom. The van der Waals surface area contributed by atoms with E-state index in [1.165, 1.54) is 13.2 Å². The van der Waals surface area contributed by atoms with Crippen molar-refractivity contribution in [2.24, 2.45) is 0 Å². The van der Waals surface area contributed by atoms with Crippen molar-refractivity contribution in [1.29, 1.82) is 5.26 Å². The number of carbonyl (C=O) groups is 1. The molecule has 136 valence electrons. The van der Waals surface area contributed by atoms with Crippen LogP contribution < -0.4 is 14.8 Å². The van der Waals surface area contributed by atoms with E-state index >= 15 is 0 Å². The van der Waals surface area contributed by atoms with Crippen LogP contribution in [0.2, 0.25) is 0 Å². The van der Waals surface area contributed by atoms with Gasteiger partial charge in [-0.05, 0) is 36.4 Å². The van der Waals surface area contributed by atoms with Gasteiger partial charge in [0.2, 0.25) is 0 Å². The van der Waals surface area contributed by atoms with E-state index in [-0.39, 0.29) is 12.1 Å². The molecule has 0 aromatic heterocycles. The number of benzene rings is 2. The van der Waals surface area contributed by atoms with Crippen molar-refractivity contribution in [1.82, 2.24) is 5.32 Å². The molecule has 2 aromatic carbocycles. The van der Waals surface area contributed by atoms with Gasteiger partial charge in [0.15, 0.2) is 11.6 Å². The quantitative estimate of drug-likeness (QED) is 0.820. The molecule has 0 saturated heterocycles. The molecule has 0 bridgehead atoms. The van der Waals surface area contributed by atoms with Gasteiger partial charge >= 0.3 is 6.36 Å². The summed E-state index contributed by atoms with van der Waals surface area (Å²) in [5, 5.41) is 11.4. The van der Waals surface area contributed by atoms with Gasteiger partial charge in [-0.1, -0.05) is 0 Å². The molecule has 0 atom stereocenters. The predicted molar refractivity (Wildman–Crippen MR) is 82.0 cm³/mol. The summed E-state index contributed by atoms with van der Waals surface area (Å²) < 4.78 is 58.6. The van der Waals surface area contributed by atoms with Gasteiger partial charge in [-0.2, -0.15) is 5.26 Å². The molecule has 26 heavy (non-hydrogen) atoms. The summed E-state index contributed by atoms with van der Waals surface area (Å²) in [7, 11) is 1.42. The minimum absolute atomic E-state index is 0.0278. The highest BCUT2D eigenvalue weighted by Gasteiger charge is 2.32. The highest BCUT2D eigenvalue weighted by atomic mass is 19.4. The summed E-state index contributed by atoms with van der Waals surface area (Å²) in [4.78, 5) is 12.1. The normalized spacial score (nSPS) is 10.8. The van der Waals surface area contributed by atoms with E-state index in [0.29, 0.717) is 29.0 Å². The zero-order valence-electron chi connectivity index (χ0n) is 13.4. The van der Waals surface area contributed by atoms with Crippen molar-refractivity contribution in [2.75, 3.05) is 7.11 Å². The molecule has 0 aliphatic rings. The van der Waals surface area contributed by atoms with E-state index in [1.54, 1.807) is 12.1 Å². The van der Waals surface area contributed by atoms with Gasteiger partial charge in [0, 0.05) is 17.7 Å². The van der Waals surface area contributed by atoms with Crippen molar-refractivity contribution in [3.63, 3.8) is 0 Å². The lowest BCUT2D eigenvalue weighted by atomic mass is 10.1. The summed E-state index contributed by atoms with van der Waals surface area (Å²) in [6.07, 6.45) is -5.03. The monoisotopic (exact) mass is 368 g/mol. The third kappa shape index (κ3) is 4.86. The van der Waals surface area contributed by atoms with E-state index in [2.05, 4.69) is 10.1 Å². The van der Waals surface area contributed by atoms with Crippen LogP contribution in [0.15, 0.2) is 36.4 Å². The van der Waals surface area contributed by atoms with Gasteiger partial charge in [-0.25, -0.2) is 4.39 Å². The van der Waals surface area contributed by atoms with Crippen LogP contribution in [-0.4, -0.2) is 19.4 Å². The molecule has 0 fully saturated rings. The average molecular weight is 368 g/mol. The number of hydrogen-bond donors (Lipinski definition) is 1. The number of halogens is 4. The van der Waals surface area contributed by atoms with Gasteiger partial charge in [-0.3, -0.25) is 4.79 Å². The number of alkyl halides is 3. The van der Waals surface area contributed by atoms with E-state index < -0.39 is 23.8 Å². The summed E-state index contributed by atoms with van der Waals surface area (Å²) in [6, 6.07) is 8.92. The maximum Gasteiger partial charge on any atom is 0.573 e. The van der Waals surface area contributed by atoms with Gasteiger partial charge in [0.1, 0.15) is 5.75 Å². The third-order valence-corrected chi connectivity index (χ3v) is 3.27. The SMILES string of the molecule is COc1ccc(C#N)cc1CNC(=O)c1ccc(OC(F)(F)F)c(F)c1. The zero-order chi connectivity index (χ0) is 19.3. The molecule has 0 unspecified atom stereocenters. The first-order chi connectivity index (χ1) is 12.2.